The van der Waals surface area contributed by atoms with Gasteiger partial charge in [0.15, 0.2) is 0 Å². The molecule has 1 atom stereocenters. The quantitative estimate of drug-likeness (QED) is 0.684. The van der Waals surface area contributed by atoms with Crippen molar-refractivity contribution in [2.45, 2.75) is 26.0 Å². The zero-order chi connectivity index (χ0) is 13.3. The Labute approximate surface area is 111 Å². The highest BCUT2D eigenvalue weighted by Crippen LogP contribution is 2.24. The third kappa shape index (κ3) is 2.22. The molecular weight excluding hydrogens is 248 g/mol. The maximum atomic E-state index is 11.7. The van der Waals surface area contributed by atoms with Crippen LogP contribution < -0.4 is 0 Å². The summed E-state index contributed by atoms with van der Waals surface area (Å²) in [5.41, 5.74) is 3.61. The third-order valence-corrected chi connectivity index (χ3v) is 3.23. The number of fused-ring (bicyclic) bond motifs is 1. The van der Waals surface area contributed by atoms with Gasteiger partial charge in [0.2, 0.25) is 0 Å². The largest absolute Gasteiger partial charge is 0.465 e. The molecule has 5 heteroatoms. The molecule has 0 N–H and O–H groups in total. The predicted octanol–water partition coefficient (Wildman–Crippen LogP) is 2.49. The summed E-state index contributed by atoms with van der Waals surface area (Å²) in [4.78, 5) is 16.2. The third-order valence-electron chi connectivity index (χ3n) is 2.75. The fourth-order valence-corrected chi connectivity index (χ4v) is 2.19. The standard InChI is InChI=1S/C13H16N2O2S/c1-4-17-13(16)11(18)10-6-5-8(2)12-14-9(3)7-15(10)12/h5-7,11,18H,4H2,1-3H3. The van der Waals surface area contributed by atoms with Crippen LogP contribution in [-0.2, 0) is 9.53 Å². The Morgan fingerprint density at radius 1 is 1.50 bits per heavy atom. The number of aromatic nitrogens is 2. The van der Waals surface area contributed by atoms with E-state index in [2.05, 4.69) is 17.6 Å². The number of thiol groups is 1. The van der Waals surface area contributed by atoms with Crippen LogP contribution in [0, 0.1) is 13.8 Å². The van der Waals surface area contributed by atoms with Crippen molar-refractivity contribution in [2.24, 2.45) is 0 Å². The molecule has 18 heavy (non-hydrogen) atoms. The number of hydrogen-bond acceptors (Lipinski definition) is 4. The minimum atomic E-state index is -0.596. The van der Waals surface area contributed by atoms with Crippen LogP contribution in [0.5, 0.6) is 0 Å². The van der Waals surface area contributed by atoms with Gasteiger partial charge in [-0.25, -0.2) is 4.98 Å². The summed E-state index contributed by atoms with van der Waals surface area (Å²) in [6, 6.07) is 3.83. The summed E-state index contributed by atoms with van der Waals surface area (Å²) in [6.07, 6.45) is 1.90. The highest BCUT2D eigenvalue weighted by atomic mass is 32.1. The van der Waals surface area contributed by atoms with Gasteiger partial charge in [-0.05, 0) is 32.4 Å². The molecule has 0 aliphatic heterocycles. The number of pyridine rings is 1. The summed E-state index contributed by atoms with van der Waals surface area (Å²) < 4.78 is 6.90. The van der Waals surface area contributed by atoms with Gasteiger partial charge in [0.05, 0.1) is 12.3 Å². The van der Waals surface area contributed by atoms with E-state index in [-0.39, 0.29) is 5.97 Å². The Kier molecular flexibility index (Phi) is 3.61. The molecular formula is C13H16N2O2S. The van der Waals surface area contributed by atoms with Crippen molar-refractivity contribution < 1.29 is 9.53 Å². The molecule has 0 fully saturated rings. The first-order valence-corrected chi connectivity index (χ1v) is 6.36. The Hall–Kier alpha value is -1.49. The molecule has 96 valence electrons. The molecule has 0 bridgehead atoms. The van der Waals surface area contributed by atoms with Crippen molar-refractivity contribution in [3.63, 3.8) is 0 Å². The molecule has 2 aromatic rings. The van der Waals surface area contributed by atoms with Crippen LogP contribution in [0.25, 0.3) is 5.65 Å². The molecule has 2 rings (SSSR count). The molecule has 0 radical (unpaired) electrons. The fourth-order valence-electron chi connectivity index (χ4n) is 1.90. The van der Waals surface area contributed by atoms with Crippen LogP contribution in [0.15, 0.2) is 18.3 Å². The SMILES string of the molecule is CCOC(=O)C(S)c1ccc(C)c2nc(C)cn12. The molecule has 2 heterocycles. The summed E-state index contributed by atoms with van der Waals surface area (Å²) in [7, 11) is 0. The molecule has 0 amide bonds. The monoisotopic (exact) mass is 264 g/mol. The first kappa shape index (κ1) is 13.0. The summed E-state index contributed by atoms with van der Waals surface area (Å²) in [6.45, 7) is 6.05. The number of carbonyl (C=O) groups is 1. The lowest BCUT2D eigenvalue weighted by Crippen LogP contribution is -2.14. The topological polar surface area (TPSA) is 43.6 Å². The van der Waals surface area contributed by atoms with Gasteiger partial charge in [-0.15, -0.1) is 0 Å². The minimum Gasteiger partial charge on any atom is -0.465 e. The number of rotatable bonds is 3. The van der Waals surface area contributed by atoms with E-state index in [9.17, 15) is 4.79 Å². The molecule has 4 nitrogen and oxygen atoms in total. The lowest BCUT2D eigenvalue weighted by atomic mass is 10.2. The Balaban J connectivity index is 2.51. The van der Waals surface area contributed by atoms with Gasteiger partial charge in [0, 0.05) is 11.9 Å². The van der Waals surface area contributed by atoms with Crippen LogP contribution >= 0.6 is 12.6 Å². The number of ether oxygens (including phenoxy) is 1. The van der Waals surface area contributed by atoms with E-state index in [1.165, 1.54) is 0 Å². The lowest BCUT2D eigenvalue weighted by molar-refractivity contribution is -0.142. The van der Waals surface area contributed by atoms with E-state index in [0.29, 0.717) is 6.61 Å². The first-order valence-electron chi connectivity index (χ1n) is 5.84. The van der Waals surface area contributed by atoms with Crippen LogP contribution in [0.1, 0.15) is 29.1 Å². The number of aryl methyl sites for hydroxylation is 2. The lowest BCUT2D eigenvalue weighted by Gasteiger charge is -2.13. The Morgan fingerprint density at radius 2 is 2.22 bits per heavy atom. The second-order valence-corrected chi connectivity index (χ2v) is 4.69. The Morgan fingerprint density at radius 3 is 2.89 bits per heavy atom. The zero-order valence-electron chi connectivity index (χ0n) is 10.7. The minimum absolute atomic E-state index is 0.336. The van der Waals surface area contributed by atoms with Gasteiger partial charge in [-0.3, -0.25) is 4.79 Å². The first-order chi connectivity index (χ1) is 8.54. The average Bonchev–Trinajstić information content (AvgIpc) is 2.71. The molecule has 0 saturated carbocycles. The highest BCUT2D eigenvalue weighted by Gasteiger charge is 2.21. The van der Waals surface area contributed by atoms with E-state index in [0.717, 1.165) is 22.6 Å². The van der Waals surface area contributed by atoms with Gasteiger partial charge in [0.1, 0.15) is 10.9 Å². The summed E-state index contributed by atoms with van der Waals surface area (Å²) in [5.74, 6) is -0.336. The smallest absolute Gasteiger partial charge is 0.324 e. The van der Waals surface area contributed by atoms with Crippen molar-refractivity contribution >= 4 is 24.2 Å². The molecule has 2 aromatic heterocycles. The predicted molar refractivity (Wildman–Crippen MR) is 73.0 cm³/mol. The maximum Gasteiger partial charge on any atom is 0.324 e. The van der Waals surface area contributed by atoms with Crippen molar-refractivity contribution in [1.29, 1.82) is 0 Å². The van der Waals surface area contributed by atoms with Crippen molar-refractivity contribution in [3.05, 3.63) is 35.3 Å². The number of nitrogens with zero attached hydrogens (tertiary/aromatic N) is 2. The molecule has 0 aliphatic rings. The van der Waals surface area contributed by atoms with Crippen LogP contribution in [0.2, 0.25) is 0 Å². The highest BCUT2D eigenvalue weighted by molar-refractivity contribution is 7.81. The number of carbonyl (C=O) groups excluding carboxylic acids is 1. The molecule has 0 aliphatic carbocycles. The fraction of sp³-hybridized carbons (Fsp3) is 0.385. The number of imidazole rings is 1. The van der Waals surface area contributed by atoms with E-state index in [1.807, 2.05) is 36.6 Å². The second kappa shape index (κ2) is 5.02. The molecule has 0 aromatic carbocycles. The summed E-state index contributed by atoms with van der Waals surface area (Å²) >= 11 is 4.34. The van der Waals surface area contributed by atoms with Crippen LogP contribution in [0.3, 0.4) is 0 Å². The van der Waals surface area contributed by atoms with Crippen molar-refractivity contribution in [2.75, 3.05) is 6.61 Å². The van der Waals surface area contributed by atoms with Gasteiger partial charge in [-0.2, -0.15) is 12.6 Å². The van der Waals surface area contributed by atoms with E-state index in [1.54, 1.807) is 6.92 Å². The molecule has 1 unspecified atom stereocenters. The van der Waals surface area contributed by atoms with E-state index >= 15 is 0 Å². The maximum absolute atomic E-state index is 11.7. The van der Waals surface area contributed by atoms with Gasteiger partial charge in [0.25, 0.3) is 0 Å². The van der Waals surface area contributed by atoms with Gasteiger partial charge in [-0.1, -0.05) is 6.07 Å². The molecule has 0 saturated heterocycles. The average molecular weight is 264 g/mol. The number of esters is 1. The van der Waals surface area contributed by atoms with E-state index in [4.69, 9.17) is 4.74 Å². The zero-order valence-corrected chi connectivity index (χ0v) is 11.6. The van der Waals surface area contributed by atoms with E-state index < -0.39 is 5.25 Å². The van der Waals surface area contributed by atoms with Crippen molar-refractivity contribution in [1.82, 2.24) is 9.38 Å². The van der Waals surface area contributed by atoms with Crippen LogP contribution in [-0.4, -0.2) is 22.0 Å². The van der Waals surface area contributed by atoms with Gasteiger partial charge >= 0.3 is 5.97 Å². The second-order valence-electron chi connectivity index (χ2n) is 4.17. The van der Waals surface area contributed by atoms with Crippen LogP contribution in [0.4, 0.5) is 0 Å². The normalized spacial score (nSPS) is 12.7. The molecule has 0 spiro atoms. The van der Waals surface area contributed by atoms with Crippen molar-refractivity contribution in [3.8, 4) is 0 Å². The number of hydrogen-bond donors (Lipinski definition) is 1. The summed E-state index contributed by atoms with van der Waals surface area (Å²) in [5, 5.41) is -0.596. The Bertz CT molecular complexity index is 592. The van der Waals surface area contributed by atoms with Gasteiger partial charge < -0.3 is 9.14 Å².